The Morgan fingerprint density at radius 3 is 2.82 bits per heavy atom. The van der Waals surface area contributed by atoms with Crippen LogP contribution in [0.4, 0.5) is 0 Å². The van der Waals surface area contributed by atoms with Crippen molar-refractivity contribution in [3.63, 3.8) is 0 Å². The van der Waals surface area contributed by atoms with Crippen LogP contribution in [-0.2, 0) is 4.74 Å². The van der Waals surface area contributed by atoms with E-state index in [0.717, 1.165) is 6.42 Å². The predicted octanol–water partition coefficient (Wildman–Crippen LogP) is 1.10. The Hall–Kier alpha value is -1.07. The summed E-state index contributed by atoms with van der Waals surface area (Å²) in [4.78, 5) is 26.3. The van der Waals surface area contributed by atoms with Gasteiger partial charge in [0.25, 0.3) is 5.56 Å². The zero-order valence-electron chi connectivity index (χ0n) is 9.83. The highest BCUT2D eigenvalue weighted by molar-refractivity contribution is 6.30. The van der Waals surface area contributed by atoms with E-state index in [9.17, 15) is 9.59 Å². The van der Waals surface area contributed by atoms with E-state index in [0.29, 0.717) is 18.8 Å². The van der Waals surface area contributed by atoms with Crippen LogP contribution in [0.3, 0.4) is 0 Å². The lowest BCUT2D eigenvalue weighted by molar-refractivity contribution is 0.173. The van der Waals surface area contributed by atoms with Crippen molar-refractivity contribution in [1.82, 2.24) is 9.55 Å². The highest BCUT2D eigenvalue weighted by Crippen LogP contribution is 2.23. The summed E-state index contributed by atoms with van der Waals surface area (Å²) in [5.74, 6) is 0.203. The number of hydrogen-bond acceptors (Lipinski definition) is 3. The number of nitrogens with zero attached hydrogens (tertiary/aromatic N) is 1. The van der Waals surface area contributed by atoms with Crippen molar-refractivity contribution in [3.05, 3.63) is 31.6 Å². The Bertz CT molecular complexity index is 528. The van der Waals surface area contributed by atoms with E-state index in [4.69, 9.17) is 16.3 Å². The van der Waals surface area contributed by atoms with E-state index in [2.05, 4.69) is 4.98 Å². The molecule has 0 spiro atoms. The maximum absolute atomic E-state index is 12.0. The molecular weight excluding hydrogens is 244 g/mol. The number of aromatic nitrogens is 2. The lowest BCUT2D eigenvalue weighted by atomic mass is 10.0. The first kappa shape index (κ1) is 12.4. The Morgan fingerprint density at radius 2 is 2.24 bits per heavy atom. The van der Waals surface area contributed by atoms with Crippen molar-refractivity contribution in [1.29, 1.82) is 0 Å². The van der Waals surface area contributed by atoms with Crippen LogP contribution in [0.25, 0.3) is 0 Å². The Balaban J connectivity index is 2.48. The van der Waals surface area contributed by atoms with E-state index < -0.39 is 5.69 Å². The summed E-state index contributed by atoms with van der Waals surface area (Å²) in [6, 6.07) is -0.176. The molecule has 1 fully saturated rings. The number of hydrogen-bond donors (Lipinski definition) is 1. The van der Waals surface area contributed by atoms with Gasteiger partial charge in [0.1, 0.15) is 5.15 Å². The number of aromatic amines is 1. The monoisotopic (exact) mass is 258 g/mol. The number of H-pyrrole nitrogens is 1. The molecule has 1 aromatic rings. The minimum atomic E-state index is -0.454. The molecule has 5 nitrogen and oxygen atoms in total. The van der Waals surface area contributed by atoms with Crippen molar-refractivity contribution in [3.8, 4) is 0 Å². The van der Waals surface area contributed by atoms with Gasteiger partial charge in [-0.2, -0.15) is 0 Å². The molecule has 1 aliphatic heterocycles. The molecule has 0 aromatic carbocycles. The van der Waals surface area contributed by atoms with Gasteiger partial charge in [-0.25, -0.2) is 4.79 Å². The van der Waals surface area contributed by atoms with E-state index in [-0.39, 0.29) is 22.7 Å². The molecule has 94 valence electrons. The van der Waals surface area contributed by atoms with Gasteiger partial charge in [-0.1, -0.05) is 11.6 Å². The Labute approximate surface area is 103 Å². The summed E-state index contributed by atoms with van der Waals surface area (Å²) < 4.78 is 6.52. The molecule has 0 amide bonds. The zero-order valence-corrected chi connectivity index (χ0v) is 10.6. The van der Waals surface area contributed by atoms with Gasteiger partial charge in [0.15, 0.2) is 0 Å². The van der Waals surface area contributed by atoms with Gasteiger partial charge in [0, 0.05) is 24.1 Å². The predicted molar refractivity (Wildman–Crippen MR) is 64.7 cm³/mol. The molecule has 1 N–H and O–H groups in total. The molecule has 0 aliphatic carbocycles. The largest absolute Gasteiger partial charge is 0.381 e. The fraction of sp³-hybridized carbons (Fsp3) is 0.636. The summed E-state index contributed by atoms with van der Waals surface area (Å²) in [6.07, 6.45) is 0.870. The summed E-state index contributed by atoms with van der Waals surface area (Å²) >= 11 is 5.76. The molecule has 2 atom stereocenters. The third kappa shape index (κ3) is 2.17. The summed E-state index contributed by atoms with van der Waals surface area (Å²) in [7, 11) is 0. The Kier molecular flexibility index (Phi) is 3.40. The van der Waals surface area contributed by atoms with Crippen LogP contribution in [0, 0.1) is 12.8 Å². The summed E-state index contributed by atoms with van der Waals surface area (Å²) in [5, 5.41) is 0.117. The second-order valence-corrected chi connectivity index (χ2v) is 4.79. The quantitative estimate of drug-likeness (QED) is 0.808. The smallest absolute Gasteiger partial charge is 0.329 e. The molecule has 17 heavy (non-hydrogen) atoms. The van der Waals surface area contributed by atoms with Crippen LogP contribution in [0.1, 0.15) is 24.9 Å². The molecule has 2 unspecified atom stereocenters. The maximum atomic E-state index is 12.0. The second kappa shape index (κ2) is 4.66. The van der Waals surface area contributed by atoms with Crippen LogP contribution in [0.5, 0.6) is 0 Å². The SMILES string of the molecule is Cc1c(Cl)[nH]c(=O)n(C(C)C2CCOC2)c1=O. The number of nitrogens with one attached hydrogen (secondary N) is 1. The van der Waals surface area contributed by atoms with Crippen molar-refractivity contribution in [2.75, 3.05) is 13.2 Å². The highest BCUT2D eigenvalue weighted by atomic mass is 35.5. The van der Waals surface area contributed by atoms with E-state index >= 15 is 0 Å². The average molecular weight is 259 g/mol. The minimum absolute atomic E-state index is 0.117. The third-order valence-corrected chi connectivity index (χ3v) is 3.74. The lowest BCUT2D eigenvalue weighted by Crippen LogP contribution is -2.41. The van der Waals surface area contributed by atoms with Gasteiger partial charge in [0.05, 0.1) is 6.61 Å². The molecule has 1 aromatic heterocycles. The normalized spacial score (nSPS) is 21.7. The molecule has 1 aliphatic rings. The molecule has 2 rings (SSSR count). The number of ether oxygens (including phenoxy) is 1. The third-order valence-electron chi connectivity index (χ3n) is 3.36. The van der Waals surface area contributed by atoms with E-state index in [1.807, 2.05) is 6.92 Å². The molecule has 0 bridgehead atoms. The van der Waals surface area contributed by atoms with Gasteiger partial charge in [-0.05, 0) is 20.3 Å². The highest BCUT2D eigenvalue weighted by Gasteiger charge is 2.26. The average Bonchev–Trinajstić information content (AvgIpc) is 2.79. The first-order valence-corrected chi connectivity index (χ1v) is 5.99. The maximum Gasteiger partial charge on any atom is 0.329 e. The first-order valence-electron chi connectivity index (χ1n) is 5.61. The molecule has 0 radical (unpaired) electrons. The minimum Gasteiger partial charge on any atom is -0.381 e. The van der Waals surface area contributed by atoms with Crippen molar-refractivity contribution in [2.45, 2.75) is 26.3 Å². The topological polar surface area (TPSA) is 64.1 Å². The standard InChI is InChI=1S/C11H15ClN2O3/c1-6-9(12)13-11(16)14(10(6)15)7(2)8-3-4-17-5-8/h7-8H,3-5H2,1-2H3,(H,13,16). The van der Waals surface area contributed by atoms with Gasteiger partial charge < -0.3 is 4.74 Å². The molecule has 6 heteroatoms. The molecule has 1 saturated heterocycles. The lowest BCUT2D eigenvalue weighted by Gasteiger charge is -2.19. The fourth-order valence-electron chi connectivity index (χ4n) is 2.13. The first-order chi connectivity index (χ1) is 8.02. The molecule has 0 saturated carbocycles. The van der Waals surface area contributed by atoms with E-state index in [1.54, 1.807) is 6.92 Å². The number of halogens is 1. The summed E-state index contributed by atoms with van der Waals surface area (Å²) in [6.45, 7) is 4.75. The second-order valence-electron chi connectivity index (χ2n) is 4.41. The van der Waals surface area contributed by atoms with Crippen LogP contribution in [0.15, 0.2) is 9.59 Å². The van der Waals surface area contributed by atoms with Gasteiger partial charge >= 0.3 is 5.69 Å². The van der Waals surface area contributed by atoms with Crippen LogP contribution >= 0.6 is 11.6 Å². The van der Waals surface area contributed by atoms with Crippen molar-refractivity contribution in [2.24, 2.45) is 5.92 Å². The van der Waals surface area contributed by atoms with Gasteiger partial charge in [-0.15, -0.1) is 0 Å². The van der Waals surface area contributed by atoms with Crippen LogP contribution in [-0.4, -0.2) is 22.8 Å². The van der Waals surface area contributed by atoms with Crippen LogP contribution in [0.2, 0.25) is 5.15 Å². The van der Waals surface area contributed by atoms with Crippen LogP contribution < -0.4 is 11.2 Å². The van der Waals surface area contributed by atoms with Crippen molar-refractivity contribution < 1.29 is 4.74 Å². The van der Waals surface area contributed by atoms with Gasteiger partial charge in [-0.3, -0.25) is 14.3 Å². The molecular formula is C11H15ClN2O3. The molecule has 2 heterocycles. The zero-order chi connectivity index (χ0) is 12.6. The van der Waals surface area contributed by atoms with E-state index in [1.165, 1.54) is 4.57 Å². The number of rotatable bonds is 2. The van der Waals surface area contributed by atoms with Gasteiger partial charge in [0.2, 0.25) is 0 Å². The fourth-order valence-corrected chi connectivity index (χ4v) is 2.29. The summed E-state index contributed by atoms with van der Waals surface area (Å²) in [5.41, 5.74) is -0.403. The van der Waals surface area contributed by atoms with Crippen molar-refractivity contribution >= 4 is 11.6 Å². The Morgan fingerprint density at radius 1 is 1.53 bits per heavy atom.